The molecule has 0 saturated carbocycles. The summed E-state index contributed by atoms with van der Waals surface area (Å²) in [6.07, 6.45) is 5.94. The number of aryl methyl sites for hydroxylation is 2. The highest BCUT2D eigenvalue weighted by molar-refractivity contribution is 6.08. The van der Waals surface area contributed by atoms with Crippen molar-refractivity contribution in [2.75, 3.05) is 48.5 Å². The van der Waals surface area contributed by atoms with Crippen LogP contribution >= 0.6 is 0 Å². The number of carbonyl (C=O) groups excluding carboxylic acids is 5. The fraction of sp³-hybridized carbons (Fsp3) is 0.353. The smallest absolute Gasteiger partial charge is 0.416 e. The molecular weight excluding hydrogens is 871 g/mol. The number of ketones is 1. The quantitative estimate of drug-likeness (QED) is 0.0767. The largest absolute Gasteiger partial charge is 0.493 e. The summed E-state index contributed by atoms with van der Waals surface area (Å²) < 4.78 is 30.9. The van der Waals surface area contributed by atoms with Crippen molar-refractivity contribution in [3.8, 4) is 5.75 Å². The van der Waals surface area contributed by atoms with Crippen molar-refractivity contribution in [1.82, 2.24) is 14.5 Å². The van der Waals surface area contributed by atoms with Crippen LogP contribution in [-0.2, 0) is 43.6 Å². The van der Waals surface area contributed by atoms with Gasteiger partial charge in [0.25, 0.3) is 11.8 Å². The Bertz CT molecular complexity index is 2670. The summed E-state index contributed by atoms with van der Waals surface area (Å²) in [5.74, 6) is -0.188. The van der Waals surface area contributed by atoms with E-state index in [1.807, 2.05) is 25.1 Å². The van der Waals surface area contributed by atoms with Crippen LogP contribution in [0, 0.1) is 6.92 Å². The first-order valence-electron chi connectivity index (χ1n) is 22.7. The molecule has 3 atom stereocenters. The summed E-state index contributed by atoms with van der Waals surface area (Å²) in [5.41, 5.74) is 7.21. The lowest BCUT2D eigenvalue weighted by molar-refractivity contribution is -0.195. The third-order valence-electron chi connectivity index (χ3n) is 12.0. The van der Waals surface area contributed by atoms with Crippen molar-refractivity contribution in [2.24, 2.45) is 12.0 Å². The number of anilines is 3. The molecule has 5 heterocycles. The zero-order valence-electron chi connectivity index (χ0n) is 38.3. The predicted octanol–water partition coefficient (Wildman–Crippen LogP) is 8.15. The van der Waals surface area contributed by atoms with Gasteiger partial charge in [0.2, 0.25) is 0 Å². The number of amides is 4. The van der Waals surface area contributed by atoms with Crippen LogP contribution < -0.4 is 20.3 Å². The summed E-state index contributed by atoms with van der Waals surface area (Å²) in [5, 5.41) is 5.57. The number of aliphatic imine (C=N–C) groups is 1. The lowest BCUT2D eigenvalue weighted by atomic mass is 10.0. The third-order valence-corrected chi connectivity index (χ3v) is 12.0. The SMILES string of the molecule is C=CCOC(=O)Nc1ccc2c(c1)N=C(c1ccc(NC(=O)c3nc(CC(=O)CCCOc4cc5c(cc4C)C(=O)N4CC(=C)C[C@H]4C(OC4CCCCO4)N5C(=O)OCC=C)cn3C)cc1)C2. The average Bonchev–Trinajstić information content (AvgIpc) is 4.04. The van der Waals surface area contributed by atoms with Crippen molar-refractivity contribution in [3.05, 3.63) is 132 Å². The van der Waals surface area contributed by atoms with Gasteiger partial charge >= 0.3 is 12.2 Å². The molecule has 2 saturated heterocycles. The first kappa shape index (κ1) is 47.1. The Morgan fingerprint density at radius 2 is 1.75 bits per heavy atom. The Balaban J connectivity index is 0.865. The molecule has 0 radical (unpaired) electrons. The molecule has 0 spiro atoms. The van der Waals surface area contributed by atoms with Crippen molar-refractivity contribution in [2.45, 2.75) is 76.9 Å². The van der Waals surface area contributed by atoms with E-state index in [0.717, 1.165) is 40.9 Å². The van der Waals surface area contributed by atoms with Crippen molar-refractivity contribution >= 4 is 58.2 Å². The Labute approximate surface area is 394 Å². The number of nitrogens with zero attached hydrogens (tertiary/aromatic N) is 5. The molecule has 4 amide bonds. The van der Waals surface area contributed by atoms with Crippen LogP contribution in [0.25, 0.3) is 0 Å². The topological polar surface area (TPSA) is 192 Å². The van der Waals surface area contributed by atoms with E-state index in [-0.39, 0.29) is 55.9 Å². The van der Waals surface area contributed by atoms with Crippen LogP contribution in [0.3, 0.4) is 0 Å². The van der Waals surface area contributed by atoms with Crippen LogP contribution in [0.4, 0.5) is 32.3 Å². The summed E-state index contributed by atoms with van der Waals surface area (Å²) in [6, 6.07) is 15.7. The van der Waals surface area contributed by atoms with Gasteiger partial charge in [0.1, 0.15) is 24.7 Å². The fourth-order valence-electron chi connectivity index (χ4n) is 8.72. The zero-order valence-corrected chi connectivity index (χ0v) is 38.3. The number of fused-ring (bicyclic) bond motifs is 3. The van der Waals surface area contributed by atoms with E-state index < -0.39 is 36.7 Å². The molecule has 4 aliphatic rings. The van der Waals surface area contributed by atoms with E-state index in [4.69, 9.17) is 28.7 Å². The maximum atomic E-state index is 14.2. The summed E-state index contributed by atoms with van der Waals surface area (Å²) in [7, 11) is 1.70. The molecule has 2 fully saturated rings. The van der Waals surface area contributed by atoms with Gasteiger partial charge < -0.3 is 38.5 Å². The van der Waals surface area contributed by atoms with Crippen molar-refractivity contribution in [1.29, 1.82) is 0 Å². The first-order chi connectivity index (χ1) is 32.9. The van der Waals surface area contributed by atoms with E-state index in [9.17, 15) is 24.0 Å². The van der Waals surface area contributed by atoms with Crippen LogP contribution in [0.5, 0.6) is 5.75 Å². The number of benzene rings is 3. The number of hydrogen-bond acceptors (Lipinski definition) is 12. The molecule has 4 aliphatic heterocycles. The molecule has 17 heteroatoms. The van der Waals surface area contributed by atoms with E-state index >= 15 is 0 Å². The van der Waals surface area contributed by atoms with E-state index in [1.165, 1.54) is 17.1 Å². The molecule has 68 heavy (non-hydrogen) atoms. The molecule has 354 valence electrons. The number of Topliss-reactive ketones (excluding diaryl/α,β-unsaturated/α-hetero) is 1. The molecule has 2 unspecified atom stereocenters. The third kappa shape index (κ3) is 10.7. The van der Waals surface area contributed by atoms with Gasteiger partial charge in [0, 0.05) is 56.7 Å². The molecular formula is C51H55N7O10. The summed E-state index contributed by atoms with van der Waals surface area (Å²) in [4.78, 5) is 78.9. The number of carbonyl (C=O) groups is 5. The average molecular weight is 926 g/mol. The van der Waals surface area contributed by atoms with Crippen molar-refractivity contribution in [3.63, 3.8) is 0 Å². The van der Waals surface area contributed by atoms with Gasteiger partial charge in [0.05, 0.1) is 47.4 Å². The normalized spacial score (nSPS) is 18.4. The summed E-state index contributed by atoms with van der Waals surface area (Å²) >= 11 is 0. The minimum atomic E-state index is -0.932. The minimum Gasteiger partial charge on any atom is -0.493 e. The molecule has 1 aromatic heterocycles. The Morgan fingerprint density at radius 3 is 2.51 bits per heavy atom. The lowest BCUT2D eigenvalue weighted by Crippen LogP contribution is -2.54. The molecule has 2 N–H and O–H groups in total. The monoisotopic (exact) mass is 925 g/mol. The zero-order chi connectivity index (χ0) is 47.9. The molecule has 0 aliphatic carbocycles. The second kappa shape index (κ2) is 21.1. The highest BCUT2D eigenvalue weighted by atomic mass is 16.7. The van der Waals surface area contributed by atoms with Gasteiger partial charge in [-0.05, 0) is 86.1 Å². The van der Waals surface area contributed by atoms with Gasteiger partial charge in [0.15, 0.2) is 18.3 Å². The Hall–Kier alpha value is -7.37. The second-order valence-electron chi connectivity index (χ2n) is 17.1. The maximum Gasteiger partial charge on any atom is 0.416 e. The van der Waals surface area contributed by atoms with E-state index in [2.05, 4.69) is 35.4 Å². The molecule has 8 rings (SSSR count). The number of rotatable bonds is 17. The molecule has 17 nitrogen and oxygen atoms in total. The standard InChI is InChI=1S/C51H55N7O10/c1-6-19-66-50(62)54-36-18-15-34-25-40(55-41(34)27-36)33-13-16-35(17-14-33)53-47(60)46-52-37(30-56(46)5)26-38(59)11-10-22-64-44-28-42-39(24-32(44)4)48(61)57-29-31(3)23-43(57)49(58(42)51(63)67-20-7-2)68-45-12-8-9-21-65-45/h6-7,13-18,24,27-28,30,43,45,49H,1-3,8-12,19-23,25-26,29H2,4-5H3,(H,53,60)(H,54,62)/t43-,45?,49?/m0/s1. The number of hydrogen-bond donors (Lipinski definition) is 2. The Morgan fingerprint density at radius 1 is 0.971 bits per heavy atom. The van der Waals surface area contributed by atoms with Gasteiger partial charge in [-0.2, -0.15) is 0 Å². The number of ether oxygens (including phenoxy) is 5. The number of imidazole rings is 1. The van der Waals surface area contributed by atoms with Crippen LogP contribution in [-0.4, -0.2) is 101 Å². The minimum absolute atomic E-state index is 0.0230. The lowest BCUT2D eigenvalue weighted by Gasteiger charge is -2.38. The van der Waals surface area contributed by atoms with Crippen molar-refractivity contribution < 1.29 is 47.7 Å². The molecule has 4 aromatic rings. The number of aromatic nitrogens is 2. The summed E-state index contributed by atoms with van der Waals surface area (Å²) in [6.45, 7) is 14.3. The maximum absolute atomic E-state index is 14.2. The molecule has 0 bridgehead atoms. The first-order valence-corrected chi connectivity index (χ1v) is 22.7. The highest BCUT2D eigenvalue weighted by Gasteiger charge is 2.48. The van der Waals surface area contributed by atoms with Crippen LogP contribution in [0.15, 0.2) is 103 Å². The van der Waals surface area contributed by atoms with Gasteiger partial charge in [-0.15, -0.1) is 0 Å². The van der Waals surface area contributed by atoms with E-state index in [1.54, 1.807) is 59.1 Å². The predicted molar refractivity (Wildman–Crippen MR) is 255 cm³/mol. The number of nitrogens with one attached hydrogen (secondary N) is 2. The van der Waals surface area contributed by atoms with Crippen LogP contribution in [0.1, 0.15) is 81.9 Å². The highest BCUT2D eigenvalue weighted by Crippen LogP contribution is 2.41. The van der Waals surface area contributed by atoms with Gasteiger partial charge in [-0.1, -0.05) is 55.7 Å². The second-order valence-corrected chi connectivity index (χ2v) is 17.1. The van der Waals surface area contributed by atoms with Crippen LogP contribution in [0.2, 0.25) is 0 Å². The Kier molecular flexibility index (Phi) is 14.6. The van der Waals surface area contributed by atoms with Gasteiger partial charge in [-0.25, -0.2) is 19.5 Å². The van der Waals surface area contributed by atoms with E-state index in [0.29, 0.717) is 72.8 Å². The fourth-order valence-corrected chi connectivity index (χ4v) is 8.72. The van der Waals surface area contributed by atoms with Gasteiger partial charge in [-0.3, -0.25) is 24.7 Å². The molecule has 3 aromatic carbocycles.